The number of carbonyl (C=O) groups excluding carboxylic acids is 2. The minimum atomic E-state index is -0.833. The van der Waals surface area contributed by atoms with E-state index < -0.39 is 24.4 Å². The number of rotatable bonds is 7. The predicted molar refractivity (Wildman–Crippen MR) is 100 cm³/mol. The molecule has 0 aromatic heterocycles. The third kappa shape index (κ3) is 4.59. The Morgan fingerprint density at radius 3 is 2.75 bits per heavy atom. The number of carbonyl (C=O) groups is 2. The molecule has 1 heterocycles. The van der Waals surface area contributed by atoms with Crippen molar-refractivity contribution in [2.45, 2.75) is 37.2 Å². The van der Waals surface area contributed by atoms with Crippen LogP contribution < -0.4 is 5.32 Å². The fourth-order valence-corrected chi connectivity index (χ4v) is 3.53. The van der Waals surface area contributed by atoms with Crippen LogP contribution in [0.25, 0.3) is 0 Å². The molecule has 3 N–H and O–H groups in total. The molecule has 152 valence electrons. The van der Waals surface area contributed by atoms with Gasteiger partial charge in [-0.05, 0) is 11.6 Å². The van der Waals surface area contributed by atoms with Gasteiger partial charge in [0.05, 0.1) is 12.7 Å². The Labute approximate surface area is 163 Å². The number of nitrogens with one attached hydrogen (secondary N) is 1. The van der Waals surface area contributed by atoms with E-state index in [1.165, 1.54) is 4.90 Å². The van der Waals surface area contributed by atoms with Gasteiger partial charge in [0.15, 0.2) is 0 Å². The van der Waals surface area contributed by atoms with E-state index in [0.29, 0.717) is 12.0 Å². The summed E-state index contributed by atoms with van der Waals surface area (Å²) in [6, 6.07) is 8.66. The number of nitrogens with zero attached hydrogens (tertiary/aromatic N) is 1. The highest BCUT2D eigenvalue weighted by atomic mass is 16.7. The molecule has 1 aliphatic carbocycles. The molecule has 0 spiro atoms. The van der Waals surface area contributed by atoms with Crippen molar-refractivity contribution < 1.29 is 29.3 Å². The minimum absolute atomic E-state index is 0.0837. The fraction of sp³-hybridized carbons (Fsp3) is 0.500. The summed E-state index contributed by atoms with van der Waals surface area (Å²) in [4.78, 5) is 27.1. The lowest BCUT2D eigenvalue weighted by molar-refractivity contribution is -0.136. The van der Waals surface area contributed by atoms with Crippen LogP contribution in [0.1, 0.15) is 12.0 Å². The van der Waals surface area contributed by atoms with Gasteiger partial charge in [-0.25, -0.2) is 0 Å². The van der Waals surface area contributed by atoms with Crippen LogP contribution in [0.5, 0.6) is 0 Å². The molecule has 1 fully saturated rings. The zero-order chi connectivity index (χ0) is 20.1. The normalized spacial score (nSPS) is 24.8. The molecule has 4 atom stereocenters. The molecule has 0 radical (unpaired) electrons. The van der Waals surface area contributed by atoms with E-state index in [1.807, 2.05) is 30.3 Å². The summed E-state index contributed by atoms with van der Waals surface area (Å²) in [6.07, 6.45) is 0.391. The zero-order valence-electron chi connectivity index (χ0n) is 15.8. The van der Waals surface area contributed by atoms with Crippen molar-refractivity contribution in [3.05, 3.63) is 47.5 Å². The highest BCUT2D eigenvalue weighted by Crippen LogP contribution is 2.29. The second-order valence-electron chi connectivity index (χ2n) is 6.98. The molecule has 1 aliphatic heterocycles. The average molecular weight is 390 g/mol. The lowest BCUT2D eigenvalue weighted by Gasteiger charge is -2.32. The Morgan fingerprint density at radius 2 is 2.04 bits per heavy atom. The Bertz CT molecular complexity index is 723. The van der Waals surface area contributed by atoms with Crippen molar-refractivity contribution in [1.29, 1.82) is 0 Å². The van der Waals surface area contributed by atoms with Gasteiger partial charge < -0.3 is 29.9 Å². The lowest BCUT2D eigenvalue weighted by Crippen LogP contribution is -2.51. The number of amides is 2. The van der Waals surface area contributed by atoms with Gasteiger partial charge in [-0.15, -0.1) is 0 Å². The van der Waals surface area contributed by atoms with Crippen LogP contribution in [0.15, 0.2) is 42.0 Å². The van der Waals surface area contributed by atoms with Crippen LogP contribution in [0.4, 0.5) is 0 Å². The molecule has 0 bridgehead atoms. The van der Waals surface area contributed by atoms with Gasteiger partial charge in [0, 0.05) is 32.0 Å². The molecular weight excluding hydrogens is 364 g/mol. The molecule has 8 heteroatoms. The predicted octanol–water partition coefficient (Wildman–Crippen LogP) is -0.403. The van der Waals surface area contributed by atoms with E-state index in [4.69, 9.17) is 14.6 Å². The summed E-state index contributed by atoms with van der Waals surface area (Å²) in [6.45, 7) is 0.0160. The second kappa shape index (κ2) is 9.29. The van der Waals surface area contributed by atoms with Crippen LogP contribution in [-0.2, 0) is 25.5 Å². The van der Waals surface area contributed by atoms with Crippen molar-refractivity contribution in [1.82, 2.24) is 10.2 Å². The number of aliphatic hydroxyl groups excluding tert-OH is 2. The van der Waals surface area contributed by atoms with E-state index in [1.54, 1.807) is 13.1 Å². The third-order valence-electron chi connectivity index (χ3n) is 5.07. The molecular formula is C20H26N2O6. The van der Waals surface area contributed by atoms with Gasteiger partial charge in [-0.3, -0.25) is 9.59 Å². The van der Waals surface area contributed by atoms with Crippen LogP contribution in [0.3, 0.4) is 0 Å². The molecule has 28 heavy (non-hydrogen) atoms. The molecule has 1 aromatic rings. The molecule has 1 saturated heterocycles. The highest BCUT2D eigenvalue weighted by Gasteiger charge is 2.40. The summed E-state index contributed by atoms with van der Waals surface area (Å²) in [5.74, 6) is -0.683. The van der Waals surface area contributed by atoms with Gasteiger partial charge in [0.2, 0.25) is 11.8 Å². The largest absolute Gasteiger partial charge is 0.395 e. The van der Waals surface area contributed by atoms with E-state index >= 15 is 0 Å². The minimum Gasteiger partial charge on any atom is -0.395 e. The number of likely N-dealkylation sites (N-methyl/N-ethyl adjacent to an activating group) is 1. The first-order valence-electron chi connectivity index (χ1n) is 9.33. The Morgan fingerprint density at radius 1 is 1.29 bits per heavy atom. The standard InChI is InChI=1S/C20H26N2O6/c1-22(20(26)14-10-16(24)18-17(11-14)27-12-28-18)15(19(25)21-7-8-23)9-13-5-3-2-4-6-13/h2-6,11,15-18,23-24H,7-10,12H2,1H3,(H,21,25)/t15-,16-,17-,18+/m1/s1. The number of fused-ring (bicyclic) bond motifs is 1. The average Bonchev–Trinajstić information content (AvgIpc) is 3.19. The number of ether oxygens (including phenoxy) is 2. The van der Waals surface area contributed by atoms with E-state index in [-0.39, 0.29) is 38.2 Å². The maximum atomic E-state index is 13.1. The number of hydrogen-bond donors (Lipinski definition) is 3. The van der Waals surface area contributed by atoms with E-state index in [9.17, 15) is 14.7 Å². The van der Waals surface area contributed by atoms with Gasteiger partial charge >= 0.3 is 0 Å². The van der Waals surface area contributed by atoms with Gasteiger partial charge in [-0.1, -0.05) is 30.3 Å². The first kappa shape index (κ1) is 20.5. The summed E-state index contributed by atoms with van der Waals surface area (Å²) >= 11 is 0. The molecule has 8 nitrogen and oxygen atoms in total. The maximum Gasteiger partial charge on any atom is 0.250 e. The quantitative estimate of drug-likeness (QED) is 0.585. The molecule has 0 saturated carbocycles. The van der Waals surface area contributed by atoms with Gasteiger partial charge in [-0.2, -0.15) is 0 Å². The smallest absolute Gasteiger partial charge is 0.250 e. The van der Waals surface area contributed by atoms with Crippen molar-refractivity contribution in [3.8, 4) is 0 Å². The monoisotopic (exact) mass is 390 g/mol. The molecule has 2 amide bonds. The van der Waals surface area contributed by atoms with Gasteiger partial charge in [0.1, 0.15) is 25.0 Å². The third-order valence-corrected chi connectivity index (χ3v) is 5.07. The summed E-state index contributed by atoms with van der Waals surface area (Å²) in [5.41, 5.74) is 1.31. The number of hydrogen-bond acceptors (Lipinski definition) is 6. The maximum absolute atomic E-state index is 13.1. The van der Waals surface area contributed by atoms with Crippen molar-refractivity contribution in [3.63, 3.8) is 0 Å². The molecule has 2 aliphatic rings. The lowest BCUT2D eigenvalue weighted by atomic mass is 9.91. The first-order valence-corrected chi connectivity index (χ1v) is 9.33. The van der Waals surface area contributed by atoms with Crippen LogP contribution in [-0.4, -0.2) is 78.3 Å². The Balaban J connectivity index is 1.78. The zero-order valence-corrected chi connectivity index (χ0v) is 15.8. The second-order valence-corrected chi connectivity index (χ2v) is 6.98. The van der Waals surface area contributed by atoms with Gasteiger partial charge in [0.25, 0.3) is 0 Å². The van der Waals surface area contributed by atoms with E-state index in [2.05, 4.69) is 5.32 Å². The summed E-state index contributed by atoms with van der Waals surface area (Å²) in [5, 5.41) is 21.9. The summed E-state index contributed by atoms with van der Waals surface area (Å²) in [7, 11) is 1.57. The topological polar surface area (TPSA) is 108 Å². The Hall–Kier alpha value is -2.26. The van der Waals surface area contributed by atoms with Crippen LogP contribution in [0, 0.1) is 0 Å². The Kier molecular flexibility index (Phi) is 6.79. The number of aliphatic hydroxyl groups is 2. The molecule has 1 aromatic carbocycles. The van der Waals surface area contributed by atoms with Crippen molar-refractivity contribution >= 4 is 11.8 Å². The first-order chi connectivity index (χ1) is 13.5. The van der Waals surface area contributed by atoms with Crippen molar-refractivity contribution in [2.24, 2.45) is 0 Å². The van der Waals surface area contributed by atoms with Crippen LogP contribution >= 0.6 is 0 Å². The molecule has 0 unspecified atom stereocenters. The SMILES string of the molecule is CN(C(=O)C1=C[C@H]2OCO[C@H]2[C@H](O)C1)[C@H](Cc1ccccc1)C(=O)NCCO. The fourth-order valence-electron chi connectivity index (χ4n) is 3.53. The van der Waals surface area contributed by atoms with E-state index in [0.717, 1.165) is 5.56 Å². The van der Waals surface area contributed by atoms with Crippen molar-refractivity contribution in [2.75, 3.05) is 27.0 Å². The molecule has 3 rings (SSSR count). The highest BCUT2D eigenvalue weighted by molar-refractivity contribution is 5.97. The van der Waals surface area contributed by atoms with Crippen LogP contribution in [0.2, 0.25) is 0 Å². The summed E-state index contributed by atoms with van der Waals surface area (Å²) < 4.78 is 10.7. The number of benzene rings is 1.